The molecule has 1 unspecified atom stereocenters. The molecular weight excluding hydrogens is 342 g/mol. The number of thioether (sulfide) groups is 1. The number of nitrogens with one attached hydrogen (secondary N) is 1. The second-order valence-electron chi connectivity index (χ2n) is 4.54. The zero-order valence-electron chi connectivity index (χ0n) is 11.9. The summed E-state index contributed by atoms with van der Waals surface area (Å²) >= 11 is 7.01. The number of carbonyl (C=O) groups is 1. The van der Waals surface area contributed by atoms with Gasteiger partial charge in [0.25, 0.3) is 10.7 Å². The zero-order valence-corrected chi connectivity index (χ0v) is 13.5. The van der Waals surface area contributed by atoms with Gasteiger partial charge in [-0.15, -0.1) is 0 Å². The number of pyridine rings is 1. The number of hydrogen-bond donors (Lipinski definition) is 1. The Morgan fingerprint density at radius 1 is 1.39 bits per heavy atom. The van der Waals surface area contributed by atoms with Gasteiger partial charge >= 0.3 is 0 Å². The van der Waals surface area contributed by atoms with Gasteiger partial charge in [-0.3, -0.25) is 14.9 Å². The van der Waals surface area contributed by atoms with Crippen molar-refractivity contribution in [2.75, 3.05) is 5.32 Å². The van der Waals surface area contributed by atoms with Crippen LogP contribution in [0.4, 0.5) is 11.4 Å². The molecule has 0 radical (unpaired) electrons. The summed E-state index contributed by atoms with van der Waals surface area (Å²) in [5, 5.41) is 24.9. The van der Waals surface area contributed by atoms with Crippen LogP contribution < -0.4 is 10.0 Å². The number of non-ortho nitro benzene ring substituents is 1. The molecule has 1 N–H and O–H groups in total. The Hall–Kier alpha value is -2.32. The largest absolute Gasteiger partial charge is 0.618 e. The topological polar surface area (TPSA) is 99.2 Å². The van der Waals surface area contributed by atoms with E-state index in [0.29, 0.717) is 9.76 Å². The molecule has 0 saturated carbocycles. The van der Waals surface area contributed by atoms with E-state index in [9.17, 15) is 20.1 Å². The predicted octanol–water partition coefficient (Wildman–Crippen LogP) is 3.00. The number of halogens is 1. The lowest BCUT2D eigenvalue weighted by Gasteiger charge is -2.12. The number of nitrogens with zero attached hydrogens (tertiary/aromatic N) is 2. The number of amides is 1. The normalized spacial score (nSPS) is 11.7. The van der Waals surface area contributed by atoms with E-state index in [4.69, 9.17) is 11.6 Å². The third kappa shape index (κ3) is 4.33. The molecule has 0 fully saturated rings. The molecule has 0 spiro atoms. The summed E-state index contributed by atoms with van der Waals surface area (Å²) in [6, 6.07) is 8.66. The standard InChI is InChI=1S/C14H12ClN3O4S/c1-9(23-13-4-2-3-7-17(13)20)14(19)16-12-8-10(18(21)22)5-6-11(12)15/h2-9H,1H3,(H,16,19). The van der Waals surface area contributed by atoms with Crippen molar-refractivity contribution >= 4 is 40.6 Å². The van der Waals surface area contributed by atoms with Crippen molar-refractivity contribution in [1.29, 1.82) is 0 Å². The number of hydrogen-bond acceptors (Lipinski definition) is 5. The Morgan fingerprint density at radius 3 is 2.78 bits per heavy atom. The molecule has 2 aromatic rings. The van der Waals surface area contributed by atoms with Gasteiger partial charge in [0.1, 0.15) is 0 Å². The molecule has 1 atom stereocenters. The second kappa shape index (κ2) is 7.30. The first kappa shape index (κ1) is 17.0. The van der Waals surface area contributed by atoms with E-state index in [0.717, 1.165) is 11.8 Å². The second-order valence-corrected chi connectivity index (χ2v) is 6.30. The molecule has 0 aliphatic rings. The third-order valence-corrected chi connectivity index (χ3v) is 4.33. The van der Waals surface area contributed by atoms with Gasteiger partial charge in [0, 0.05) is 24.3 Å². The minimum absolute atomic E-state index is 0.154. The van der Waals surface area contributed by atoms with Gasteiger partial charge in [-0.2, -0.15) is 4.73 Å². The van der Waals surface area contributed by atoms with E-state index in [1.807, 2.05) is 0 Å². The fourth-order valence-corrected chi connectivity index (χ4v) is 2.71. The van der Waals surface area contributed by atoms with Crippen LogP contribution in [0.5, 0.6) is 0 Å². The molecule has 2 rings (SSSR count). The number of nitro benzene ring substituents is 1. The molecule has 0 bridgehead atoms. The van der Waals surface area contributed by atoms with Crippen molar-refractivity contribution < 1.29 is 14.4 Å². The Bertz CT molecular complexity index is 757. The molecule has 0 aliphatic heterocycles. The van der Waals surface area contributed by atoms with Crippen LogP contribution in [-0.2, 0) is 4.79 Å². The van der Waals surface area contributed by atoms with Gasteiger partial charge in [-0.1, -0.05) is 11.6 Å². The van der Waals surface area contributed by atoms with Crippen LogP contribution in [0, 0.1) is 15.3 Å². The van der Waals surface area contributed by atoms with Gasteiger partial charge in [0.05, 0.1) is 20.9 Å². The Kier molecular flexibility index (Phi) is 5.41. The van der Waals surface area contributed by atoms with Crippen LogP contribution in [0.2, 0.25) is 5.02 Å². The van der Waals surface area contributed by atoms with Crippen molar-refractivity contribution in [3.8, 4) is 0 Å². The minimum atomic E-state index is -0.590. The van der Waals surface area contributed by atoms with Crippen molar-refractivity contribution in [3.05, 3.63) is 62.9 Å². The fourth-order valence-electron chi connectivity index (χ4n) is 1.70. The van der Waals surface area contributed by atoms with Crippen LogP contribution in [0.3, 0.4) is 0 Å². The summed E-state index contributed by atoms with van der Waals surface area (Å²) < 4.78 is 0.661. The molecule has 1 aromatic heterocycles. The van der Waals surface area contributed by atoms with E-state index < -0.39 is 16.1 Å². The molecule has 1 amide bonds. The maximum Gasteiger partial charge on any atom is 0.271 e. The smallest absolute Gasteiger partial charge is 0.271 e. The molecule has 1 aromatic carbocycles. The highest BCUT2D eigenvalue weighted by Crippen LogP contribution is 2.28. The molecule has 23 heavy (non-hydrogen) atoms. The predicted molar refractivity (Wildman–Crippen MR) is 87.5 cm³/mol. The Labute approximate surface area is 141 Å². The van der Waals surface area contributed by atoms with Crippen molar-refractivity contribution in [2.24, 2.45) is 0 Å². The van der Waals surface area contributed by atoms with Crippen LogP contribution in [-0.4, -0.2) is 16.1 Å². The SMILES string of the molecule is CC(Sc1cccc[n+]1[O-])C(=O)Nc1cc([N+](=O)[O-])ccc1Cl. The summed E-state index contributed by atoms with van der Waals surface area (Å²) in [7, 11) is 0. The van der Waals surface area contributed by atoms with Crippen molar-refractivity contribution in [1.82, 2.24) is 0 Å². The number of benzene rings is 1. The fraction of sp³-hybridized carbons (Fsp3) is 0.143. The summed E-state index contributed by atoms with van der Waals surface area (Å²) in [5.74, 6) is -0.416. The number of anilines is 1. The number of nitro groups is 1. The van der Waals surface area contributed by atoms with Crippen molar-refractivity contribution in [2.45, 2.75) is 17.2 Å². The maximum absolute atomic E-state index is 12.2. The highest BCUT2D eigenvalue weighted by molar-refractivity contribution is 8.00. The highest BCUT2D eigenvalue weighted by Gasteiger charge is 2.20. The first-order valence-electron chi connectivity index (χ1n) is 6.48. The minimum Gasteiger partial charge on any atom is -0.618 e. The highest BCUT2D eigenvalue weighted by atomic mass is 35.5. The molecule has 9 heteroatoms. The van der Waals surface area contributed by atoms with Crippen molar-refractivity contribution in [3.63, 3.8) is 0 Å². The summed E-state index contributed by atoms with van der Waals surface area (Å²) in [6.07, 6.45) is 1.34. The zero-order chi connectivity index (χ0) is 17.0. The summed E-state index contributed by atoms with van der Waals surface area (Å²) in [5.41, 5.74) is -0.0214. The lowest BCUT2D eigenvalue weighted by molar-refractivity contribution is -0.645. The van der Waals surface area contributed by atoms with Crippen LogP contribution in [0.15, 0.2) is 47.6 Å². The molecule has 120 valence electrons. The lowest BCUT2D eigenvalue weighted by Crippen LogP contribution is -2.30. The molecule has 7 nitrogen and oxygen atoms in total. The number of aromatic nitrogens is 1. The first-order chi connectivity index (χ1) is 10.9. The van der Waals surface area contributed by atoms with E-state index in [2.05, 4.69) is 5.32 Å². The number of carbonyl (C=O) groups excluding carboxylic acids is 1. The molecule has 0 aliphatic carbocycles. The van der Waals surface area contributed by atoms with Gasteiger partial charge in [0.2, 0.25) is 5.91 Å². The van der Waals surface area contributed by atoms with Crippen LogP contribution in [0.25, 0.3) is 0 Å². The summed E-state index contributed by atoms with van der Waals surface area (Å²) in [4.78, 5) is 22.4. The Balaban J connectivity index is 2.11. The Morgan fingerprint density at radius 2 is 2.13 bits per heavy atom. The quantitative estimate of drug-likeness (QED) is 0.293. The van der Waals surface area contributed by atoms with E-state index in [1.165, 1.54) is 24.4 Å². The molecule has 1 heterocycles. The third-order valence-electron chi connectivity index (χ3n) is 2.87. The van der Waals surface area contributed by atoms with Gasteiger partial charge in [0.15, 0.2) is 6.20 Å². The van der Waals surface area contributed by atoms with E-state index in [-0.39, 0.29) is 16.4 Å². The van der Waals surface area contributed by atoms with Crippen LogP contribution in [0.1, 0.15) is 6.92 Å². The average Bonchev–Trinajstić information content (AvgIpc) is 2.51. The van der Waals surface area contributed by atoms with Crippen LogP contribution >= 0.6 is 23.4 Å². The van der Waals surface area contributed by atoms with E-state index in [1.54, 1.807) is 25.1 Å². The van der Waals surface area contributed by atoms with E-state index >= 15 is 0 Å². The van der Waals surface area contributed by atoms with Gasteiger partial charge in [-0.25, -0.2) is 0 Å². The molecule has 0 saturated heterocycles. The average molecular weight is 354 g/mol. The van der Waals surface area contributed by atoms with Gasteiger partial charge in [-0.05, 0) is 30.8 Å². The maximum atomic E-state index is 12.2. The number of rotatable bonds is 5. The lowest BCUT2D eigenvalue weighted by atomic mass is 10.2. The summed E-state index contributed by atoms with van der Waals surface area (Å²) in [6.45, 7) is 1.62. The molecular formula is C14H12ClN3O4S. The van der Waals surface area contributed by atoms with Gasteiger partial charge < -0.3 is 10.5 Å². The first-order valence-corrected chi connectivity index (χ1v) is 7.74. The monoisotopic (exact) mass is 353 g/mol.